The Balaban J connectivity index is 1.48. The highest BCUT2D eigenvalue weighted by atomic mass is 32.2. The highest BCUT2D eigenvalue weighted by Gasteiger charge is 2.43. The minimum atomic E-state index is -1.56. The zero-order valence-electron chi connectivity index (χ0n) is 24.0. The van der Waals surface area contributed by atoms with E-state index in [0.29, 0.717) is 12.3 Å². The molecule has 42 heavy (non-hydrogen) atoms. The number of aliphatic hydroxyl groups excluding tert-OH is 1. The van der Waals surface area contributed by atoms with Gasteiger partial charge in [-0.1, -0.05) is 73.7 Å². The molecule has 3 N–H and O–H groups in total. The van der Waals surface area contributed by atoms with Crippen LogP contribution in [0.5, 0.6) is 5.75 Å². The molecule has 220 valence electrons. The average molecular weight is 588 g/mol. The van der Waals surface area contributed by atoms with Crippen LogP contribution in [0.3, 0.4) is 0 Å². The van der Waals surface area contributed by atoms with Crippen molar-refractivity contribution in [1.29, 1.82) is 0 Å². The maximum absolute atomic E-state index is 13.7. The monoisotopic (exact) mass is 587 g/mol. The number of aliphatic hydroxyl groups is 1. The molecule has 1 aliphatic rings. The largest absolute Gasteiger partial charge is 0.497 e. The average Bonchev–Trinajstić information content (AvgIpc) is 3.40. The fraction of sp³-hybridized carbons (Fsp3) is 0.303. The quantitative estimate of drug-likeness (QED) is 0.295. The summed E-state index contributed by atoms with van der Waals surface area (Å²) in [5.41, 5.74) is 3.68. The van der Waals surface area contributed by atoms with Gasteiger partial charge in [-0.3, -0.25) is 14.4 Å². The summed E-state index contributed by atoms with van der Waals surface area (Å²) in [4.78, 5) is 41.4. The number of nitrogens with one attached hydrogen (secondary N) is 2. The molecular weight excluding hydrogens is 550 g/mol. The van der Waals surface area contributed by atoms with E-state index in [0.717, 1.165) is 22.3 Å². The lowest BCUT2D eigenvalue weighted by Gasteiger charge is -2.30. The van der Waals surface area contributed by atoms with Gasteiger partial charge in [-0.15, -0.1) is 11.8 Å². The van der Waals surface area contributed by atoms with Gasteiger partial charge in [0.25, 0.3) is 5.91 Å². The van der Waals surface area contributed by atoms with Crippen LogP contribution >= 0.6 is 11.8 Å². The van der Waals surface area contributed by atoms with Crippen LogP contribution in [0.1, 0.15) is 29.2 Å². The first-order valence-corrected chi connectivity index (χ1v) is 14.9. The Bertz CT molecular complexity index is 1410. The number of ether oxygens (including phenoxy) is 1. The fourth-order valence-electron chi connectivity index (χ4n) is 4.87. The SMILES string of the molecule is COc1cccc(/C=C/C(=O)N[C@@H](Cc2ccccc2)[C@H](O)C(=O)N2CSC(C)[C@H]2C(=O)NCc2ccccc2C)c1. The van der Waals surface area contributed by atoms with Gasteiger partial charge in [0.05, 0.1) is 19.0 Å². The van der Waals surface area contributed by atoms with Crippen molar-refractivity contribution in [2.45, 2.75) is 50.3 Å². The standard InChI is InChI=1S/C33H37N3O5S/c1-22-10-7-8-14-26(22)20-34-32(39)30-23(2)42-21-36(30)33(40)31(38)28(19-24-11-5-4-6-12-24)35-29(37)17-16-25-13-9-15-27(18-25)41-3/h4-18,23,28,30-31,38H,19-21H2,1-3H3,(H,34,39)(H,35,37)/b17-16+/t23?,28-,30-,31-/m0/s1. The van der Waals surface area contributed by atoms with Crippen LogP contribution in [0.15, 0.2) is 84.9 Å². The van der Waals surface area contributed by atoms with Crippen molar-refractivity contribution in [3.8, 4) is 5.75 Å². The zero-order valence-corrected chi connectivity index (χ0v) is 24.8. The van der Waals surface area contributed by atoms with Crippen LogP contribution in [0.25, 0.3) is 6.08 Å². The Kier molecular flexibility index (Phi) is 10.8. The summed E-state index contributed by atoms with van der Waals surface area (Å²) in [5.74, 6) is -0.401. The third kappa shape index (κ3) is 8.02. The number of hydrogen-bond donors (Lipinski definition) is 3. The zero-order chi connectivity index (χ0) is 30.1. The smallest absolute Gasteiger partial charge is 0.254 e. The number of aryl methyl sites for hydroxylation is 1. The third-order valence-corrected chi connectivity index (χ3v) is 8.51. The van der Waals surface area contributed by atoms with Crippen molar-refractivity contribution in [2.24, 2.45) is 0 Å². The van der Waals surface area contributed by atoms with E-state index in [9.17, 15) is 19.5 Å². The van der Waals surface area contributed by atoms with Crippen molar-refractivity contribution < 1.29 is 24.2 Å². The van der Waals surface area contributed by atoms with Gasteiger partial charge >= 0.3 is 0 Å². The first-order chi connectivity index (χ1) is 20.3. The fourth-order valence-corrected chi connectivity index (χ4v) is 6.01. The Hall–Kier alpha value is -4.08. The van der Waals surface area contributed by atoms with E-state index < -0.39 is 30.0 Å². The van der Waals surface area contributed by atoms with Gasteiger partial charge in [-0.25, -0.2) is 0 Å². The summed E-state index contributed by atoms with van der Waals surface area (Å²) in [5, 5.41) is 17.0. The van der Waals surface area contributed by atoms with Gasteiger partial charge in [0, 0.05) is 17.9 Å². The molecule has 0 spiro atoms. The summed E-state index contributed by atoms with van der Waals surface area (Å²) in [6.07, 6.45) is 1.67. The topological polar surface area (TPSA) is 108 Å². The Morgan fingerprint density at radius 2 is 1.81 bits per heavy atom. The third-order valence-electron chi connectivity index (χ3n) is 7.30. The van der Waals surface area contributed by atoms with Crippen LogP contribution in [-0.4, -0.2) is 64.2 Å². The Morgan fingerprint density at radius 3 is 2.55 bits per heavy atom. The summed E-state index contributed by atoms with van der Waals surface area (Å²) in [6.45, 7) is 4.22. The molecule has 0 aromatic heterocycles. The van der Waals surface area contributed by atoms with Crippen LogP contribution in [-0.2, 0) is 27.3 Å². The van der Waals surface area contributed by atoms with Crippen LogP contribution in [0.4, 0.5) is 0 Å². The minimum absolute atomic E-state index is 0.161. The van der Waals surface area contributed by atoms with E-state index in [1.165, 1.54) is 22.7 Å². The Labute approximate surface area is 251 Å². The van der Waals surface area contributed by atoms with E-state index in [1.54, 1.807) is 19.3 Å². The van der Waals surface area contributed by atoms with Crippen molar-refractivity contribution >= 4 is 35.6 Å². The van der Waals surface area contributed by atoms with Crippen LogP contribution in [0, 0.1) is 6.92 Å². The molecule has 1 heterocycles. The molecule has 4 atom stereocenters. The van der Waals surface area contributed by atoms with Gasteiger partial charge in [0.2, 0.25) is 11.8 Å². The molecule has 4 rings (SSSR count). The molecule has 0 radical (unpaired) electrons. The molecule has 1 unspecified atom stereocenters. The summed E-state index contributed by atoms with van der Waals surface area (Å²) in [6, 6.07) is 22.7. The van der Waals surface area contributed by atoms with E-state index in [-0.39, 0.29) is 23.5 Å². The molecule has 0 aliphatic carbocycles. The number of hydrogen-bond acceptors (Lipinski definition) is 6. The van der Waals surface area contributed by atoms with E-state index in [4.69, 9.17) is 4.74 Å². The molecule has 0 saturated carbocycles. The molecule has 3 aromatic rings. The first-order valence-electron chi connectivity index (χ1n) is 13.9. The normalized spacial score (nSPS) is 18.0. The number of rotatable bonds is 11. The number of amides is 3. The van der Waals surface area contributed by atoms with Crippen molar-refractivity contribution in [3.63, 3.8) is 0 Å². The molecule has 1 fully saturated rings. The van der Waals surface area contributed by atoms with Crippen molar-refractivity contribution in [1.82, 2.24) is 15.5 Å². The lowest BCUT2D eigenvalue weighted by atomic mass is 9.99. The molecule has 8 nitrogen and oxygen atoms in total. The molecule has 3 amide bonds. The Morgan fingerprint density at radius 1 is 1.07 bits per heavy atom. The minimum Gasteiger partial charge on any atom is -0.497 e. The maximum atomic E-state index is 13.7. The maximum Gasteiger partial charge on any atom is 0.254 e. The summed E-state index contributed by atoms with van der Waals surface area (Å²) < 4.78 is 5.24. The second kappa shape index (κ2) is 14.7. The number of carbonyl (C=O) groups is 3. The van der Waals surface area contributed by atoms with E-state index >= 15 is 0 Å². The number of nitrogens with zero attached hydrogens (tertiary/aromatic N) is 1. The van der Waals surface area contributed by atoms with Gasteiger partial charge in [-0.05, 0) is 53.8 Å². The lowest BCUT2D eigenvalue weighted by molar-refractivity contribution is -0.147. The van der Waals surface area contributed by atoms with E-state index in [2.05, 4.69) is 10.6 Å². The second-order valence-electron chi connectivity index (χ2n) is 10.3. The number of benzene rings is 3. The van der Waals surface area contributed by atoms with E-state index in [1.807, 2.05) is 86.6 Å². The molecule has 1 aliphatic heterocycles. The van der Waals surface area contributed by atoms with Crippen LogP contribution in [0.2, 0.25) is 0 Å². The predicted molar refractivity (Wildman–Crippen MR) is 166 cm³/mol. The number of thioether (sulfide) groups is 1. The number of methoxy groups -OCH3 is 1. The first kappa shape index (κ1) is 30.9. The summed E-state index contributed by atoms with van der Waals surface area (Å²) in [7, 11) is 1.57. The van der Waals surface area contributed by atoms with Gasteiger partial charge in [0.1, 0.15) is 11.8 Å². The lowest BCUT2D eigenvalue weighted by Crippen LogP contribution is -2.56. The van der Waals surface area contributed by atoms with Gasteiger partial charge in [-0.2, -0.15) is 0 Å². The predicted octanol–water partition coefficient (Wildman–Crippen LogP) is 3.71. The molecule has 3 aromatic carbocycles. The van der Waals surface area contributed by atoms with Gasteiger partial charge < -0.3 is 25.4 Å². The molecule has 1 saturated heterocycles. The molecule has 0 bridgehead atoms. The second-order valence-corrected chi connectivity index (χ2v) is 11.6. The van der Waals surface area contributed by atoms with Crippen LogP contribution < -0.4 is 15.4 Å². The van der Waals surface area contributed by atoms with Gasteiger partial charge in [0.15, 0.2) is 6.10 Å². The van der Waals surface area contributed by atoms with Crippen molar-refractivity contribution in [2.75, 3.05) is 13.0 Å². The number of carbonyl (C=O) groups excluding carboxylic acids is 3. The van der Waals surface area contributed by atoms with Crippen molar-refractivity contribution in [3.05, 3.63) is 107 Å². The highest BCUT2D eigenvalue weighted by molar-refractivity contribution is 8.00. The highest BCUT2D eigenvalue weighted by Crippen LogP contribution is 2.30. The molecule has 9 heteroatoms. The molecular formula is C33H37N3O5S. The summed E-state index contributed by atoms with van der Waals surface area (Å²) >= 11 is 1.48.